The number of carboxylic acids is 1. The van der Waals surface area contributed by atoms with Crippen molar-refractivity contribution in [2.75, 3.05) is 7.11 Å². The average molecular weight is 702 g/mol. The van der Waals surface area contributed by atoms with Crippen molar-refractivity contribution in [3.8, 4) is 0 Å². The fourth-order valence-corrected chi connectivity index (χ4v) is 4.11. The number of carboxylic acid groups (broad SMARTS) is 1. The maximum atomic E-state index is 11.9. The van der Waals surface area contributed by atoms with Gasteiger partial charge in [0, 0.05) is 8.95 Å². The maximum absolute atomic E-state index is 11.9. The van der Waals surface area contributed by atoms with Crippen LogP contribution in [0.2, 0.25) is 0 Å². The van der Waals surface area contributed by atoms with E-state index in [9.17, 15) is 19.2 Å². The molecule has 226 valence electrons. The molecule has 12 heteroatoms. The molecule has 2 aromatic carbocycles. The topological polar surface area (TPSA) is 140 Å². The Kier molecular flexibility index (Phi) is 14.3. The summed E-state index contributed by atoms with van der Waals surface area (Å²) in [5.41, 5.74) is 0.264. The van der Waals surface area contributed by atoms with Crippen molar-refractivity contribution < 1.29 is 38.5 Å². The van der Waals surface area contributed by atoms with Gasteiger partial charge in [-0.1, -0.05) is 56.1 Å². The summed E-state index contributed by atoms with van der Waals surface area (Å²) in [5, 5.41) is 14.2. The van der Waals surface area contributed by atoms with E-state index in [0.717, 1.165) is 14.5 Å². The highest BCUT2D eigenvalue weighted by Gasteiger charge is 2.24. The highest BCUT2D eigenvalue weighted by atomic mass is 79.9. The molecule has 2 aromatic rings. The molecular weight excluding hydrogens is 664 g/mol. The molecule has 0 saturated heterocycles. The standard InChI is InChI=1S/C15H20BrNO4.C14H18BrNO4/c1-15(2,3)21-14(19)17-12(9-13(18)20-4)10-6-5-7-11(16)8-10;1-14(2,3)20-13(19)16-11(8-12(17)18)9-5-4-6-10(15)7-9/h5-8,12H,9H2,1-4H3,(H,17,19);4-7,11H,8H2,1-3H3,(H,16,19)(H,17,18). The molecule has 2 amide bonds. The zero-order chi connectivity index (χ0) is 31.4. The van der Waals surface area contributed by atoms with Gasteiger partial charge in [0.2, 0.25) is 0 Å². The van der Waals surface area contributed by atoms with Crippen molar-refractivity contribution in [2.24, 2.45) is 0 Å². The molecule has 0 heterocycles. The number of methoxy groups -OCH3 is 1. The number of benzene rings is 2. The number of carbonyl (C=O) groups is 4. The highest BCUT2D eigenvalue weighted by molar-refractivity contribution is 9.10. The number of ether oxygens (including phenoxy) is 3. The molecule has 0 radical (unpaired) electrons. The van der Waals surface area contributed by atoms with Gasteiger partial charge in [0.05, 0.1) is 32.0 Å². The van der Waals surface area contributed by atoms with Gasteiger partial charge in [-0.2, -0.15) is 0 Å². The normalized spacial score (nSPS) is 12.5. The fourth-order valence-electron chi connectivity index (χ4n) is 3.28. The number of esters is 1. The number of halogens is 2. The molecule has 2 rings (SSSR count). The van der Waals surface area contributed by atoms with E-state index in [0.29, 0.717) is 5.56 Å². The maximum Gasteiger partial charge on any atom is 0.408 e. The van der Waals surface area contributed by atoms with E-state index in [1.807, 2.05) is 30.3 Å². The minimum atomic E-state index is -0.994. The summed E-state index contributed by atoms with van der Waals surface area (Å²) in [4.78, 5) is 46.1. The lowest BCUT2D eigenvalue weighted by molar-refractivity contribution is -0.141. The van der Waals surface area contributed by atoms with E-state index in [1.165, 1.54) is 7.11 Å². The van der Waals surface area contributed by atoms with Gasteiger partial charge in [-0.15, -0.1) is 0 Å². The third kappa shape index (κ3) is 16.0. The lowest BCUT2D eigenvalue weighted by Crippen LogP contribution is -2.36. The van der Waals surface area contributed by atoms with E-state index in [2.05, 4.69) is 47.2 Å². The summed E-state index contributed by atoms with van der Waals surface area (Å²) in [6.07, 6.45) is -1.39. The predicted molar refractivity (Wildman–Crippen MR) is 161 cm³/mol. The molecule has 41 heavy (non-hydrogen) atoms. The Morgan fingerprint density at radius 1 is 0.756 bits per heavy atom. The van der Waals surface area contributed by atoms with Crippen molar-refractivity contribution in [1.29, 1.82) is 0 Å². The summed E-state index contributed by atoms with van der Waals surface area (Å²) >= 11 is 6.69. The summed E-state index contributed by atoms with van der Waals surface area (Å²) in [7, 11) is 1.31. The van der Waals surface area contributed by atoms with Crippen LogP contribution in [-0.2, 0) is 23.8 Å². The van der Waals surface area contributed by atoms with Crippen LogP contribution in [-0.4, -0.2) is 47.5 Å². The molecular formula is C29H38Br2N2O8. The Balaban J connectivity index is 0.000000410. The van der Waals surface area contributed by atoms with Gasteiger partial charge in [0.15, 0.2) is 0 Å². The van der Waals surface area contributed by atoms with E-state index in [4.69, 9.17) is 14.6 Å². The van der Waals surface area contributed by atoms with Crippen LogP contribution in [0.25, 0.3) is 0 Å². The Hall–Kier alpha value is -3.12. The molecule has 0 aromatic heterocycles. The largest absolute Gasteiger partial charge is 0.481 e. The lowest BCUT2D eigenvalue weighted by Gasteiger charge is -2.23. The number of rotatable bonds is 8. The van der Waals surface area contributed by atoms with Gasteiger partial charge in [0.1, 0.15) is 11.2 Å². The number of aliphatic carboxylic acids is 1. The summed E-state index contributed by atoms with van der Waals surface area (Å²) in [6.45, 7) is 10.6. The Morgan fingerprint density at radius 3 is 1.46 bits per heavy atom. The van der Waals surface area contributed by atoms with Crippen LogP contribution in [0.3, 0.4) is 0 Å². The Labute approximate surface area is 257 Å². The molecule has 0 spiro atoms. The quantitative estimate of drug-likeness (QED) is 0.196. The second-order valence-electron chi connectivity index (χ2n) is 10.9. The molecule has 0 aliphatic rings. The van der Waals surface area contributed by atoms with Gasteiger partial charge in [-0.05, 0) is 76.9 Å². The first-order chi connectivity index (χ1) is 18.9. The zero-order valence-electron chi connectivity index (χ0n) is 24.2. The van der Waals surface area contributed by atoms with Crippen molar-refractivity contribution >= 4 is 56.0 Å². The van der Waals surface area contributed by atoms with Gasteiger partial charge in [0.25, 0.3) is 0 Å². The number of carbonyl (C=O) groups excluding carboxylic acids is 3. The molecule has 0 aliphatic heterocycles. The minimum Gasteiger partial charge on any atom is -0.481 e. The first-order valence-corrected chi connectivity index (χ1v) is 14.3. The summed E-state index contributed by atoms with van der Waals surface area (Å²) in [5.74, 6) is -1.40. The summed E-state index contributed by atoms with van der Waals surface area (Å²) < 4.78 is 16.7. The van der Waals surface area contributed by atoms with Crippen LogP contribution in [0, 0.1) is 0 Å². The van der Waals surface area contributed by atoms with Gasteiger partial charge >= 0.3 is 24.1 Å². The second-order valence-corrected chi connectivity index (χ2v) is 12.7. The molecule has 0 saturated carbocycles. The van der Waals surface area contributed by atoms with Gasteiger partial charge in [-0.25, -0.2) is 9.59 Å². The Bertz CT molecular complexity index is 1190. The molecule has 0 bridgehead atoms. The molecule has 2 unspecified atom stereocenters. The zero-order valence-corrected chi connectivity index (χ0v) is 27.4. The van der Waals surface area contributed by atoms with E-state index in [1.54, 1.807) is 59.7 Å². The van der Waals surface area contributed by atoms with E-state index < -0.39 is 47.4 Å². The number of nitrogens with one attached hydrogen (secondary N) is 2. The minimum absolute atomic E-state index is 0.0339. The monoisotopic (exact) mass is 700 g/mol. The Morgan fingerprint density at radius 2 is 1.15 bits per heavy atom. The number of hydrogen-bond acceptors (Lipinski definition) is 7. The third-order valence-electron chi connectivity index (χ3n) is 4.86. The van der Waals surface area contributed by atoms with Gasteiger partial charge < -0.3 is 30.0 Å². The molecule has 10 nitrogen and oxygen atoms in total. The fraction of sp³-hybridized carbons (Fsp3) is 0.448. The first-order valence-electron chi connectivity index (χ1n) is 12.7. The van der Waals surface area contributed by atoms with Crippen LogP contribution in [0.15, 0.2) is 57.5 Å². The smallest absolute Gasteiger partial charge is 0.408 e. The predicted octanol–water partition coefficient (Wildman–Crippen LogP) is 7.07. The summed E-state index contributed by atoms with van der Waals surface area (Å²) in [6, 6.07) is 13.4. The van der Waals surface area contributed by atoms with Crippen LogP contribution < -0.4 is 10.6 Å². The second kappa shape index (κ2) is 16.4. The molecule has 0 aliphatic carbocycles. The first kappa shape index (κ1) is 35.9. The molecule has 0 fully saturated rings. The van der Waals surface area contributed by atoms with E-state index >= 15 is 0 Å². The lowest BCUT2D eigenvalue weighted by atomic mass is 10.0. The van der Waals surface area contributed by atoms with Crippen molar-refractivity contribution in [1.82, 2.24) is 10.6 Å². The number of hydrogen-bond donors (Lipinski definition) is 3. The SMILES string of the molecule is CC(C)(C)OC(=O)NC(CC(=O)O)c1cccc(Br)c1.COC(=O)CC(NC(=O)OC(C)(C)C)c1cccc(Br)c1. The van der Waals surface area contributed by atoms with E-state index in [-0.39, 0.29) is 12.8 Å². The van der Waals surface area contributed by atoms with Gasteiger partial charge in [-0.3, -0.25) is 9.59 Å². The van der Waals surface area contributed by atoms with Crippen LogP contribution >= 0.6 is 31.9 Å². The van der Waals surface area contributed by atoms with Crippen molar-refractivity contribution in [3.63, 3.8) is 0 Å². The number of alkyl carbamates (subject to hydrolysis) is 2. The average Bonchev–Trinajstić information content (AvgIpc) is 2.81. The molecule has 2 atom stereocenters. The van der Waals surface area contributed by atoms with Crippen LogP contribution in [0.4, 0.5) is 9.59 Å². The van der Waals surface area contributed by atoms with Crippen LogP contribution in [0.5, 0.6) is 0 Å². The molecule has 3 N–H and O–H groups in total. The van der Waals surface area contributed by atoms with Crippen LogP contribution in [0.1, 0.15) is 77.6 Å². The number of amides is 2. The van der Waals surface area contributed by atoms with Crippen molar-refractivity contribution in [3.05, 3.63) is 68.6 Å². The third-order valence-corrected chi connectivity index (χ3v) is 5.85. The highest BCUT2D eigenvalue weighted by Crippen LogP contribution is 2.23. The van der Waals surface area contributed by atoms with Crippen molar-refractivity contribution in [2.45, 2.75) is 77.7 Å².